The van der Waals surface area contributed by atoms with Crippen molar-refractivity contribution in [2.45, 2.75) is 64.1 Å². The predicted octanol–water partition coefficient (Wildman–Crippen LogP) is 2.47. The van der Waals surface area contributed by atoms with Gasteiger partial charge in [-0.2, -0.15) is 0 Å². The molecule has 4 atom stereocenters. The summed E-state index contributed by atoms with van der Waals surface area (Å²) in [5.41, 5.74) is 0. The number of carbonyl (C=O) groups is 2. The Morgan fingerprint density at radius 2 is 2.09 bits per heavy atom. The summed E-state index contributed by atoms with van der Waals surface area (Å²) in [4.78, 5) is 22.5. The monoisotopic (exact) mass is 324 g/mol. The fourth-order valence-corrected chi connectivity index (χ4v) is 2.98. The van der Waals surface area contributed by atoms with Gasteiger partial charge in [0, 0.05) is 18.8 Å². The molecule has 5 nitrogen and oxygen atoms in total. The van der Waals surface area contributed by atoms with Crippen LogP contribution in [-0.2, 0) is 9.59 Å². The van der Waals surface area contributed by atoms with E-state index >= 15 is 0 Å². The topological polar surface area (TPSA) is 94.8 Å². The summed E-state index contributed by atoms with van der Waals surface area (Å²) in [6, 6.07) is 0. The lowest BCUT2D eigenvalue weighted by molar-refractivity contribution is -0.137. The fraction of sp³-hybridized carbons (Fsp3) is 0.667. The van der Waals surface area contributed by atoms with Gasteiger partial charge in [0.2, 0.25) is 0 Å². The number of aliphatic hydroxyl groups is 2. The lowest BCUT2D eigenvalue weighted by Crippen LogP contribution is -2.19. The molecule has 0 amide bonds. The third-order valence-corrected chi connectivity index (χ3v) is 4.24. The first-order valence-corrected chi connectivity index (χ1v) is 8.39. The fourth-order valence-electron chi connectivity index (χ4n) is 2.98. The van der Waals surface area contributed by atoms with Crippen molar-refractivity contribution in [3.05, 3.63) is 24.3 Å². The highest BCUT2D eigenvalue weighted by atomic mass is 16.4. The summed E-state index contributed by atoms with van der Waals surface area (Å²) in [6.45, 7) is 2.02. The van der Waals surface area contributed by atoms with E-state index in [1.54, 1.807) is 12.2 Å². The van der Waals surface area contributed by atoms with Gasteiger partial charge < -0.3 is 15.3 Å². The summed E-state index contributed by atoms with van der Waals surface area (Å²) in [5, 5.41) is 28.5. The average molecular weight is 324 g/mol. The smallest absolute Gasteiger partial charge is 0.303 e. The van der Waals surface area contributed by atoms with Crippen LogP contribution in [0.15, 0.2) is 24.3 Å². The highest BCUT2D eigenvalue weighted by molar-refractivity contribution is 5.85. The largest absolute Gasteiger partial charge is 0.481 e. The van der Waals surface area contributed by atoms with E-state index in [-0.39, 0.29) is 30.5 Å². The normalized spacial score (nSPS) is 26.4. The second kappa shape index (κ2) is 10.3. The molecule has 1 fully saturated rings. The van der Waals surface area contributed by atoms with Crippen LogP contribution in [-0.4, -0.2) is 39.3 Å². The lowest BCUT2D eigenvalue weighted by Gasteiger charge is -2.18. The maximum Gasteiger partial charge on any atom is 0.303 e. The van der Waals surface area contributed by atoms with Crippen molar-refractivity contribution < 1.29 is 24.9 Å². The van der Waals surface area contributed by atoms with Crippen molar-refractivity contribution in [2.24, 2.45) is 11.8 Å². The number of allylic oxidation sites excluding steroid dienone is 2. The number of carboxylic acid groups (broad SMARTS) is 1. The number of carbonyl (C=O) groups excluding carboxylic acids is 1. The molecule has 0 radical (unpaired) electrons. The van der Waals surface area contributed by atoms with E-state index in [1.165, 1.54) is 0 Å². The molecule has 0 saturated heterocycles. The Morgan fingerprint density at radius 3 is 2.74 bits per heavy atom. The number of carboxylic acids is 1. The molecular weight excluding hydrogens is 296 g/mol. The van der Waals surface area contributed by atoms with Crippen molar-refractivity contribution in [3.63, 3.8) is 0 Å². The Kier molecular flexibility index (Phi) is 8.81. The van der Waals surface area contributed by atoms with Gasteiger partial charge in [-0.25, -0.2) is 0 Å². The third kappa shape index (κ3) is 7.10. The van der Waals surface area contributed by atoms with Gasteiger partial charge in [-0.05, 0) is 31.6 Å². The van der Waals surface area contributed by atoms with Gasteiger partial charge in [0.05, 0.1) is 12.2 Å². The third-order valence-electron chi connectivity index (χ3n) is 4.24. The summed E-state index contributed by atoms with van der Waals surface area (Å²) in [6.07, 6.45) is 9.47. The Labute approximate surface area is 137 Å². The van der Waals surface area contributed by atoms with E-state index in [2.05, 4.69) is 0 Å². The van der Waals surface area contributed by atoms with Crippen LogP contribution >= 0.6 is 0 Å². The molecule has 130 valence electrons. The lowest BCUT2D eigenvalue weighted by atomic mass is 9.88. The van der Waals surface area contributed by atoms with Crippen molar-refractivity contribution in [1.82, 2.24) is 0 Å². The number of hydrogen-bond acceptors (Lipinski definition) is 4. The molecule has 0 aromatic heterocycles. The molecule has 0 aromatic rings. The molecule has 0 heterocycles. The molecule has 1 aliphatic carbocycles. The first kappa shape index (κ1) is 19.6. The van der Waals surface area contributed by atoms with Crippen LogP contribution in [0.5, 0.6) is 0 Å². The van der Waals surface area contributed by atoms with E-state index in [1.807, 2.05) is 19.1 Å². The van der Waals surface area contributed by atoms with Gasteiger partial charge in [0.25, 0.3) is 0 Å². The zero-order valence-electron chi connectivity index (χ0n) is 13.7. The summed E-state index contributed by atoms with van der Waals surface area (Å²) in [7, 11) is 0. The van der Waals surface area contributed by atoms with Gasteiger partial charge in [-0.3, -0.25) is 9.59 Å². The zero-order valence-corrected chi connectivity index (χ0v) is 13.7. The highest BCUT2D eigenvalue weighted by Crippen LogP contribution is 2.34. The van der Waals surface area contributed by atoms with E-state index in [9.17, 15) is 19.8 Å². The van der Waals surface area contributed by atoms with Gasteiger partial charge in [-0.1, -0.05) is 37.6 Å². The van der Waals surface area contributed by atoms with Crippen molar-refractivity contribution in [1.29, 1.82) is 0 Å². The van der Waals surface area contributed by atoms with Crippen LogP contribution in [0.3, 0.4) is 0 Å². The van der Waals surface area contributed by atoms with Gasteiger partial charge >= 0.3 is 5.97 Å². The van der Waals surface area contributed by atoms with E-state index in [0.29, 0.717) is 25.7 Å². The molecule has 1 aliphatic rings. The Balaban J connectivity index is 2.53. The number of hydrogen-bond donors (Lipinski definition) is 3. The number of ketones is 1. The molecule has 0 aliphatic heterocycles. The standard InChI is InChI=1S/C18H28O5/c1-2-3-4-7-13(19)10-11-15-14(16(20)12-17(15)21)8-5-6-9-18(22)23/h3-4,10-11,13-16,19-20H,2,5-9,12H2,1H3,(H,22,23)/b4-3-,11-10+/t13-,14+,15-,16-/m0/s1. The quantitative estimate of drug-likeness (QED) is 0.424. The second-order valence-corrected chi connectivity index (χ2v) is 6.13. The van der Waals surface area contributed by atoms with Crippen LogP contribution in [0, 0.1) is 11.8 Å². The van der Waals surface area contributed by atoms with Crippen LogP contribution in [0.1, 0.15) is 51.9 Å². The molecule has 1 saturated carbocycles. The first-order valence-electron chi connectivity index (χ1n) is 8.39. The molecule has 0 bridgehead atoms. The predicted molar refractivity (Wildman–Crippen MR) is 87.9 cm³/mol. The van der Waals surface area contributed by atoms with Crippen molar-refractivity contribution >= 4 is 11.8 Å². The average Bonchev–Trinajstić information content (AvgIpc) is 2.75. The molecule has 3 N–H and O–H groups in total. The van der Waals surface area contributed by atoms with Gasteiger partial charge in [0.15, 0.2) is 0 Å². The minimum Gasteiger partial charge on any atom is -0.481 e. The molecule has 5 heteroatoms. The molecule has 0 spiro atoms. The Hall–Kier alpha value is -1.46. The van der Waals surface area contributed by atoms with E-state index in [0.717, 1.165) is 6.42 Å². The summed E-state index contributed by atoms with van der Waals surface area (Å²) < 4.78 is 0. The Bertz CT molecular complexity index is 441. The first-order chi connectivity index (χ1) is 11.0. The number of aliphatic hydroxyl groups excluding tert-OH is 2. The van der Waals surface area contributed by atoms with Gasteiger partial charge in [0.1, 0.15) is 5.78 Å². The maximum absolute atomic E-state index is 12.0. The van der Waals surface area contributed by atoms with Crippen LogP contribution in [0.2, 0.25) is 0 Å². The van der Waals surface area contributed by atoms with E-state index in [4.69, 9.17) is 5.11 Å². The molecular formula is C18H28O5. The second-order valence-electron chi connectivity index (χ2n) is 6.13. The number of rotatable bonds is 10. The molecule has 1 rings (SSSR count). The molecule has 23 heavy (non-hydrogen) atoms. The van der Waals surface area contributed by atoms with Crippen LogP contribution in [0.25, 0.3) is 0 Å². The molecule has 0 unspecified atom stereocenters. The van der Waals surface area contributed by atoms with Crippen molar-refractivity contribution in [3.8, 4) is 0 Å². The minimum absolute atomic E-state index is 0.00622. The maximum atomic E-state index is 12.0. The number of aliphatic carboxylic acids is 1. The Morgan fingerprint density at radius 1 is 1.35 bits per heavy atom. The van der Waals surface area contributed by atoms with Crippen molar-refractivity contribution in [2.75, 3.05) is 0 Å². The zero-order chi connectivity index (χ0) is 17.2. The number of unbranched alkanes of at least 4 members (excludes halogenated alkanes) is 1. The van der Waals surface area contributed by atoms with E-state index < -0.39 is 18.2 Å². The molecule has 0 aromatic carbocycles. The number of Topliss-reactive ketones (excluding diaryl/α,β-unsaturated/α-hetero) is 1. The summed E-state index contributed by atoms with van der Waals surface area (Å²) in [5.74, 6) is -1.38. The van der Waals surface area contributed by atoms with Crippen LogP contribution in [0.4, 0.5) is 0 Å². The highest BCUT2D eigenvalue weighted by Gasteiger charge is 2.39. The summed E-state index contributed by atoms with van der Waals surface area (Å²) >= 11 is 0. The van der Waals surface area contributed by atoms with Crippen LogP contribution < -0.4 is 0 Å². The minimum atomic E-state index is -0.826. The SMILES string of the molecule is CC/C=C\C[C@H](O)/C=C/[C@@H]1C(=O)C[C@H](O)[C@@H]1CCCCC(=O)O. The van der Waals surface area contributed by atoms with Gasteiger partial charge in [-0.15, -0.1) is 0 Å².